The molecule has 37 heavy (non-hydrogen) atoms. The maximum Gasteiger partial charge on any atom is 0.264 e. The number of nitrogens with one attached hydrogen (secondary N) is 1. The normalized spacial score (nSPS) is 12.2. The molecule has 0 radical (unpaired) electrons. The maximum atomic E-state index is 14.5. The summed E-state index contributed by atoms with van der Waals surface area (Å²) in [6, 6.07) is 18.6. The van der Waals surface area contributed by atoms with Gasteiger partial charge in [0.2, 0.25) is 11.8 Å². The largest absolute Gasteiger partial charge is 0.352 e. The van der Waals surface area contributed by atoms with Crippen molar-refractivity contribution >= 4 is 39.1 Å². The van der Waals surface area contributed by atoms with Crippen LogP contribution in [0.25, 0.3) is 0 Å². The van der Waals surface area contributed by atoms with Crippen molar-refractivity contribution in [3.8, 4) is 0 Å². The molecule has 0 saturated carbocycles. The molecule has 0 bridgehead atoms. The fraction of sp³-hybridized carbons (Fsp3) is 0.259. The zero-order valence-electron chi connectivity index (χ0n) is 20.8. The number of carbonyl (C=O) groups excluding carboxylic acids is 2. The number of halogens is 2. The van der Waals surface area contributed by atoms with Gasteiger partial charge < -0.3 is 10.2 Å². The van der Waals surface area contributed by atoms with Gasteiger partial charge in [-0.3, -0.25) is 13.9 Å². The molecule has 0 heterocycles. The van der Waals surface area contributed by atoms with Crippen LogP contribution in [0.1, 0.15) is 26.3 Å². The topological polar surface area (TPSA) is 86.8 Å². The van der Waals surface area contributed by atoms with E-state index in [4.69, 9.17) is 11.6 Å². The first-order chi connectivity index (χ1) is 17.5. The smallest absolute Gasteiger partial charge is 0.264 e. The third-order valence-corrected chi connectivity index (χ3v) is 7.72. The molecule has 1 N–H and O–H groups in total. The quantitative estimate of drug-likeness (QED) is 0.403. The highest BCUT2D eigenvalue weighted by Crippen LogP contribution is 2.30. The average molecular weight is 546 g/mol. The maximum absolute atomic E-state index is 14.5. The summed E-state index contributed by atoms with van der Waals surface area (Å²) >= 11 is 6.35. The molecule has 1 atom stereocenters. The van der Waals surface area contributed by atoms with Crippen LogP contribution in [0.3, 0.4) is 0 Å². The minimum atomic E-state index is -4.22. The Bertz CT molecular complexity index is 1350. The molecule has 196 valence electrons. The van der Waals surface area contributed by atoms with Gasteiger partial charge in [0.25, 0.3) is 10.0 Å². The van der Waals surface area contributed by atoms with E-state index in [1.807, 2.05) is 0 Å². The Hall–Kier alpha value is -3.43. The molecule has 0 aromatic heterocycles. The zero-order valence-corrected chi connectivity index (χ0v) is 22.3. The molecule has 3 aromatic rings. The van der Waals surface area contributed by atoms with Gasteiger partial charge in [-0.25, -0.2) is 12.8 Å². The van der Waals surface area contributed by atoms with Gasteiger partial charge in [-0.2, -0.15) is 0 Å². The minimum Gasteiger partial charge on any atom is -0.352 e. The number of hydrogen-bond donors (Lipinski definition) is 1. The summed E-state index contributed by atoms with van der Waals surface area (Å²) in [5.41, 5.74) is 0.293. The van der Waals surface area contributed by atoms with Gasteiger partial charge in [-0.1, -0.05) is 60.1 Å². The number of rotatable bonds is 10. The molecule has 10 heteroatoms. The molecule has 0 fully saturated rings. The Morgan fingerprint density at radius 2 is 1.51 bits per heavy atom. The van der Waals surface area contributed by atoms with Crippen molar-refractivity contribution in [2.24, 2.45) is 0 Å². The highest BCUT2D eigenvalue weighted by molar-refractivity contribution is 7.92. The van der Waals surface area contributed by atoms with E-state index in [1.54, 1.807) is 50.2 Å². The number of amides is 2. The molecule has 0 saturated heterocycles. The van der Waals surface area contributed by atoms with Gasteiger partial charge >= 0.3 is 0 Å². The van der Waals surface area contributed by atoms with Crippen LogP contribution >= 0.6 is 11.6 Å². The second-order valence-electron chi connectivity index (χ2n) is 8.73. The number of nitrogens with zero attached hydrogens (tertiary/aromatic N) is 2. The summed E-state index contributed by atoms with van der Waals surface area (Å²) in [5.74, 6) is -1.69. The molecule has 7 nitrogen and oxygen atoms in total. The van der Waals surface area contributed by atoms with E-state index in [0.717, 1.165) is 4.31 Å². The zero-order chi connectivity index (χ0) is 27.2. The predicted molar refractivity (Wildman–Crippen MR) is 142 cm³/mol. The Labute approximate surface area is 221 Å². The molecule has 0 aliphatic rings. The number of hydrogen-bond acceptors (Lipinski definition) is 4. The molecule has 0 spiro atoms. The first-order valence-corrected chi connectivity index (χ1v) is 13.5. The SMILES string of the molecule is CC(C)NC(=O)C(C)N(Cc1ccccc1F)C(=O)CN(c1ccccc1Cl)S(=O)(=O)c1ccccc1. The molecule has 3 rings (SSSR count). The summed E-state index contributed by atoms with van der Waals surface area (Å²) in [6.45, 7) is 4.18. The molecule has 0 aliphatic heterocycles. The minimum absolute atomic E-state index is 0.0334. The van der Waals surface area contributed by atoms with Crippen LogP contribution in [0.5, 0.6) is 0 Å². The summed E-state index contributed by atoms with van der Waals surface area (Å²) in [6.07, 6.45) is 0. The number of anilines is 1. The van der Waals surface area contributed by atoms with Crippen molar-refractivity contribution < 1.29 is 22.4 Å². The fourth-order valence-corrected chi connectivity index (χ4v) is 5.43. The summed E-state index contributed by atoms with van der Waals surface area (Å²) < 4.78 is 42.8. The Kier molecular flexibility index (Phi) is 9.29. The molecule has 1 unspecified atom stereocenters. The lowest BCUT2D eigenvalue weighted by Gasteiger charge is -2.32. The molecule has 2 amide bonds. The lowest BCUT2D eigenvalue weighted by atomic mass is 10.1. The van der Waals surface area contributed by atoms with Crippen molar-refractivity contribution in [2.45, 2.75) is 44.3 Å². The Morgan fingerprint density at radius 3 is 2.14 bits per heavy atom. The van der Waals surface area contributed by atoms with Crippen LogP contribution in [-0.2, 0) is 26.2 Å². The third kappa shape index (κ3) is 6.87. The van der Waals surface area contributed by atoms with Crippen LogP contribution < -0.4 is 9.62 Å². The highest BCUT2D eigenvalue weighted by atomic mass is 35.5. The predicted octanol–water partition coefficient (Wildman–Crippen LogP) is 4.62. The molecular formula is C27H29ClFN3O4S. The van der Waals surface area contributed by atoms with Gasteiger partial charge in [-0.05, 0) is 51.1 Å². The van der Waals surface area contributed by atoms with Gasteiger partial charge in [0.1, 0.15) is 18.4 Å². The molecular weight excluding hydrogens is 517 g/mol. The van der Waals surface area contributed by atoms with Gasteiger partial charge in [-0.15, -0.1) is 0 Å². The van der Waals surface area contributed by atoms with E-state index in [0.29, 0.717) is 0 Å². The van der Waals surface area contributed by atoms with Gasteiger partial charge in [0, 0.05) is 18.2 Å². The Morgan fingerprint density at radius 1 is 0.919 bits per heavy atom. The summed E-state index contributed by atoms with van der Waals surface area (Å²) in [5, 5.41) is 2.87. The second-order valence-corrected chi connectivity index (χ2v) is 11.0. The van der Waals surface area contributed by atoms with E-state index >= 15 is 0 Å². The standard InChI is InChI=1S/C27H29ClFN3O4S/c1-19(2)30-27(34)20(3)31(17-21-11-7-9-15-24(21)29)26(33)18-32(25-16-10-8-14-23(25)28)37(35,36)22-12-5-4-6-13-22/h4-16,19-20H,17-18H2,1-3H3,(H,30,34). The van der Waals surface area contributed by atoms with E-state index < -0.39 is 40.2 Å². The highest BCUT2D eigenvalue weighted by Gasteiger charge is 2.33. The van der Waals surface area contributed by atoms with Crippen LogP contribution in [0.15, 0.2) is 83.8 Å². The first kappa shape index (κ1) is 28.1. The average Bonchev–Trinajstić information content (AvgIpc) is 2.87. The van der Waals surface area contributed by atoms with Crippen LogP contribution in [0.4, 0.5) is 10.1 Å². The lowest BCUT2D eigenvalue weighted by molar-refractivity contribution is -0.139. The van der Waals surface area contributed by atoms with Crippen molar-refractivity contribution in [2.75, 3.05) is 10.8 Å². The van der Waals surface area contributed by atoms with E-state index in [-0.39, 0.29) is 33.8 Å². The van der Waals surface area contributed by atoms with Crippen molar-refractivity contribution in [3.05, 3.63) is 95.3 Å². The summed E-state index contributed by atoms with van der Waals surface area (Å²) in [7, 11) is -4.22. The number of carbonyl (C=O) groups is 2. The third-order valence-electron chi connectivity index (χ3n) is 5.63. The van der Waals surface area contributed by atoms with Crippen molar-refractivity contribution in [1.29, 1.82) is 0 Å². The lowest BCUT2D eigenvalue weighted by Crippen LogP contribution is -2.52. The van der Waals surface area contributed by atoms with Crippen LogP contribution in [0.2, 0.25) is 5.02 Å². The first-order valence-electron chi connectivity index (χ1n) is 11.7. The molecule has 3 aromatic carbocycles. The van der Waals surface area contributed by atoms with E-state index in [1.165, 1.54) is 54.3 Å². The fourth-order valence-electron chi connectivity index (χ4n) is 3.68. The van der Waals surface area contributed by atoms with Crippen LogP contribution in [0, 0.1) is 5.82 Å². The van der Waals surface area contributed by atoms with E-state index in [2.05, 4.69) is 5.32 Å². The Balaban J connectivity index is 2.04. The monoisotopic (exact) mass is 545 g/mol. The van der Waals surface area contributed by atoms with Gasteiger partial charge in [0.05, 0.1) is 15.6 Å². The van der Waals surface area contributed by atoms with Crippen LogP contribution in [-0.4, -0.2) is 43.8 Å². The van der Waals surface area contributed by atoms with E-state index in [9.17, 15) is 22.4 Å². The number of sulfonamides is 1. The second kappa shape index (κ2) is 12.2. The molecule has 0 aliphatic carbocycles. The number of para-hydroxylation sites is 1. The summed E-state index contributed by atoms with van der Waals surface area (Å²) in [4.78, 5) is 27.7. The van der Waals surface area contributed by atoms with Gasteiger partial charge in [0.15, 0.2) is 0 Å². The van der Waals surface area contributed by atoms with Crippen molar-refractivity contribution in [3.63, 3.8) is 0 Å². The van der Waals surface area contributed by atoms with Crippen molar-refractivity contribution in [1.82, 2.24) is 10.2 Å². The number of benzene rings is 3.